The fourth-order valence-corrected chi connectivity index (χ4v) is 3.63. The Kier molecular flexibility index (Phi) is 7.73. The van der Waals surface area contributed by atoms with Crippen molar-refractivity contribution in [2.45, 2.75) is 46.1 Å². The summed E-state index contributed by atoms with van der Waals surface area (Å²) in [5.41, 5.74) is 1.79. The Morgan fingerprint density at radius 1 is 1.11 bits per heavy atom. The van der Waals surface area contributed by atoms with Crippen LogP contribution in [-0.2, 0) is 20.7 Å². The lowest BCUT2D eigenvalue weighted by Gasteiger charge is -2.13. The lowest BCUT2D eigenvalue weighted by molar-refractivity contribution is -0.154. The first-order valence-electron chi connectivity index (χ1n) is 8.98. The largest absolute Gasteiger partial charge is 0.453 e. The van der Waals surface area contributed by atoms with Gasteiger partial charge in [-0.05, 0) is 38.8 Å². The molecule has 0 fully saturated rings. The molecule has 0 saturated carbocycles. The third-order valence-corrected chi connectivity index (χ3v) is 5.10. The monoisotopic (exact) mass is 387 g/mol. The minimum absolute atomic E-state index is 0.0329. The van der Waals surface area contributed by atoms with E-state index in [9.17, 15) is 14.4 Å². The third kappa shape index (κ3) is 6.64. The highest BCUT2D eigenvalue weighted by molar-refractivity contribution is 7.12. The molecule has 6 heteroatoms. The van der Waals surface area contributed by atoms with Crippen LogP contribution in [0.4, 0.5) is 0 Å². The number of aryl methyl sites for hydroxylation is 2. The molecule has 5 nitrogen and oxygen atoms in total. The number of amides is 1. The minimum atomic E-state index is -0.881. The van der Waals surface area contributed by atoms with E-state index in [-0.39, 0.29) is 24.5 Å². The van der Waals surface area contributed by atoms with E-state index in [4.69, 9.17) is 4.74 Å². The van der Waals surface area contributed by atoms with Crippen molar-refractivity contribution >= 4 is 29.0 Å². The van der Waals surface area contributed by atoms with Crippen molar-refractivity contribution in [3.63, 3.8) is 0 Å². The maximum atomic E-state index is 12.2. The van der Waals surface area contributed by atoms with Crippen molar-refractivity contribution in [3.8, 4) is 0 Å². The van der Waals surface area contributed by atoms with E-state index in [1.165, 1.54) is 6.92 Å². The van der Waals surface area contributed by atoms with Gasteiger partial charge in [0, 0.05) is 28.3 Å². The van der Waals surface area contributed by atoms with E-state index < -0.39 is 12.1 Å². The fraction of sp³-hybridized carbons (Fsp3) is 0.381. The van der Waals surface area contributed by atoms with Gasteiger partial charge in [-0.2, -0.15) is 0 Å². The SMILES string of the molecule is Cc1cc(C(=O)CCC(=O)OC(C)C(=O)NCCc2ccccc2)c(C)s1. The summed E-state index contributed by atoms with van der Waals surface area (Å²) in [6.07, 6.45) is -0.123. The van der Waals surface area contributed by atoms with E-state index in [2.05, 4.69) is 5.32 Å². The van der Waals surface area contributed by atoms with Gasteiger partial charge in [-0.25, -0.2) is 0 Å². The molecule has 1 heterocycles. The number of esters is 1. The van der Waals surface area contributed by atoms with Gasteiger partial charge in [0.25, 0.3) is 5.91 Å². The lowest BCUT2D eigenvalue weighted by Crippen LogP contribution is -2.36. The first kappa shape index (κ1) is 20.8. The number of carbonyl (C=O) groups excluding carboxylic acids is 3. The highest BCUT2D eigenvalue weighted by Gasteiger charge is 2.19. The molecule has 1 unspecified atom stereocenters. The van der Waals surface area contributed by atoms with Crippen molar-refractivity contribution in [3.05, 3.63) is 57.3 Å². The van der Waals surface area contributed by atoms with Crippen molar-refractivity contribution in [2.75, 3.05) is 6.54 Å². The molecule has 0 saturated heterocycles. The molecule has 0 bridgehead atoms. The second kappa shape index (κ2) is 10.0. The zero-order valence-corrected chi connectivity index (χ0v) is 16.7. The minimum Gasteiger partial charge on any atom is -0.453 e. The molecule has 1 aromatic heterocycles. The smallest absolute Gasteiger partial charge is 0.307 e. The van der Waals surface area contributed by atoms with Crippen LogP contribution in [0.15, 0.2) is 36.4 Å². The summed E-state index contributed by atoms with van der Waals surface area (Å²) in [4.78, 5) is 38.2. The topological polar surface area (TPSA) is 72.5 Å². The number of benzene rings is 1. The zero-order valence-electron chi connectivity index (χ0n) is 15.9. The second-order valence-electron chi connectivity index (χ2n) is 6.41. The predicted molar refractivity (Wildman–Crippen MR) is 106 cm³/mol. The summed E-state index contributed by atoms with van der Waals surface area (Å²) < 4.78 is 5.14. The Balaban J connectivity index is 1.70. The second-order valence-corrected chi connectivity index (χ2v) is 7.87. The number of rotatable bonds is 9. The molecular formula is C21H25NO4S. The molecule has 1 aromatic carbocycles. The zero-order chi connectivity index (χ0) is 19.8. The molecule has 27 heavy (non-hydrogen) atoms. The maximum Gasteiger partial charge on any atom is 0.307 e. The summed E-state index contributed by atoms with van der Waals surface area (Å²) in [6.45, 7) is 5.84. The Morgan fingerprint density at radius 3 is 2.44 bits per heavy atom. The fourth-order valence-electron chi connectivity index (χ4n) is 2.69. The van der Waals surface area contributed by atoms with Crippen molar-refractivity contribution in [1.82, 2.24) is 5.32 Å². The first-order chi connectivity index (χ1) is 12.9. The van der Waals surface area contributed by atoms with Crippen LogP contribution < -0.4 is 5.32 Å². The molecule has 144 valence electrons. The van der Waals surface area contributed by atoms with Crippen LogP contribution in [0.25, 0.3) is 0 Å². The van der Waals surface area contributed by atoms with E-state index in [1.807, 2.05) is 50.2 Å². The van der Waals surface area contributed by atoms with E-state index in [0.29, 0.717) is 18.5 Å². The van der Waals surface area contributed by atoms with Gasteiger partial charge < -0.3 is 10.1 Å². The van der Waals surface area contributed by atoms with E-state index >= 15 is 0 Å². The molecule has 2 rings (SSSR count). The summed E-state index contributed by atoms with van der Waals surface area (Å²) in [7, 11) is 0. The summed E-state index contributed by atoms with van der Waals surface area (Å²) >= 11 is 1.56. The van der Waals surface area contributed by atoms with Crippen LogP contribution in [0, 0.1) is 13.8 Å². The van der Waals surface area contributed by atoms with Crippen LogP contribution in [0.5, 0.6) is 0 Å². The van der Waals surface area contributed by atoms with Crippen LogP contribution in [0.3, 0.4) is 0 Å². The summed E-state index contributed by atoms with van der Waals surface area (Å²) in [5.74, 6) is -0.956. The molecule has 2 aromatic rings. The number of nitrogens with one attached hydrogen (secondary N) is 1. The normalized spacial score (nSPS) is 11.7. The number of carbonyl (C=O) groups is 3. The summed E-state index contributed by atoms with van der Waals surface area (Å²) in [5, 5.41) is 2.76. The lowest BCUT2D eigenvalue weighted by atomic mass is 10.1. The third-order valence-electron chi connectivity index (χ3n) is 4.13. The highest BCUT2D eigenvalue weighted by Crippen LogP contribution is 2.22. The molecule has 1 atom stereocenters. The summed E-state index contributed by atoms with van der Waals surface area (Å²) in [6, 6.07) is 11.7. The van der Waals surface area contributed by atoms with Gasteiger partial charge in [0.2, 0.25) is 0 Å². The van der Waals surface area contributed by atoms with E-state index in [0.717, 1.165) is 15.3 Å². The first-order valence-corrected chi connectivity index (χ1v) is 9.80. The molecule has 0 aliphatic carbocycles. The van der Waals surface area contributed by atoms with Gasteiger partial charge >= 0.3 is 5.97 Å². The van der Waals surface area contributed by atoms with Gasteiger partial charge in [0.15, 0.2) is 11.9 Å². The number of ether oxygens (including phenoxy) is 1. The molecule has 1 N–H and O–H groups in total. The highest BCUT2D eigenvalue weighted by atomic mass is 32.1. The number of hydrogen-bond donors (Lipinski definition) is 1. The Bertz CT molecular complexity index is 798. The van der Waals surface area contributed by atoms with E-state index in [1.54, 1.807) is 11.3 Å². The molecule has 0 radical (unpaired) electrons. The van der Waals surface area contributed by atoms with Gasteiger partial charge in [-0.3, -0.25) is 14.4 Å². The number of Topliss-reactive ketones (excluding diaryl/α,β-unsaturated/α-hetero) is 1. The van der Waals surface area contributed by atoms with Gasteiger partial charge in [0.05, 0.1) is 6.42 Å². The molecule has 1 amide bonds. The number of ketones is 1. The molecule has 0 aliphatic rings. The Hall–Kier alpha value is -2.47. The quantitative estimate of drug-likeness (QED) is 0.527. The van der Waals surface area contributed by atoms with Crippen molar-refractivity contribution < 1.29 is 19.1 Å². The van der Waals surface area contributed by atoms with Crippen molar-refractivity contribution in [2.24, 2.45) is 0 Å². The molecule has 0 spiro atoms. The van der Waals surface area contributed by atoms with Crippen LogP contribution in [0.2, 0.25) is 0 Å². The molecular weight excluding hydrogens is 362 g/mol. The van der Waals surface area contributed by atoms with Crippen LogP contribution >= 0.6 is 11.3 Å². The average Bonchev–Trinajstić information content (AvgIpc) is 2.98. The maximum absolute atomic E-state index is 12.2. The number of thiophene rings is 1. The Labute approximate surface area is 163 Å². The number of hydrogen-bond acceptors (Lipinski definition) is 5. The van der Waals surface area contributed by atoms with Gasteiger partial charge in [0.1, 0.15) is 0 Å². The van der Waals surface area contributed by atoms with Crippen LogP contribution in [-0.4, -0.2) is 30.3 Å². The van der Waals surface area contributed by atoms with Gasteiger partial charge in [-0.1, -0.05) is 30.3 Å². The predicted octanol–water partition coefficient (Wildman–Crippen LogP) is 3.62. The van der Waals surface area contributed by atoms with Crippen LogP contribution in [0.1, 0.15) is 45.4 Å². The standard InChI is InChI=1S/C21H25NO4S/c1-14-13-18(16(3)27-14)19(23)9-10-20(24)26-15(2)21(25)22-12-11-17-7-5-4-6-8-17/h4-8,13,15H,9-12H2,1-3H3,(H,22,25). The van der Waals surface area contributed by atoms with Crippen molar-refractivity contribution in [1.29, 1.82) is 0 Å². The average molecular weight is 388 g/mol. The Morgan fingerprint density at radius 2 is 1.81 bits per heavy atom. The molecule has 0 aliphatic heterocycles. The van der Waals surface area contributed by atoms with Gasteiger partial charge in [-0.15, -0.1) is 11.3 Å².